The van der Waals surface area contributed by atoms with Gasteiger partial charge in [-0.1, -0.05) is 13.3 Å². The summed E-state index contributed by atoms with van der Waals surface area (Å²) in [6, 6.07) is 3.61. The Balaban J connectivity index is 2.58. The molecule has 5 nitrogen and oxygen atoms in total. The number of hydrogen-bond donors (Lipinski definition) is 3. The van der Waals surface area contributed by atoms with Gasteiger partial charge in [0.05, 0.1) is 0 Å². The van der Waals surface area contributed by atoms with Crippen LogP contribution in [0, 0.1) is 5.92 Å². The predicted octanol–water partition coefficient (Wildman–Crippen LogP) is 2.04. The van der Waals surface area contributed by atoms with Crippen LogP contribution in [-0.4, -0.2) is 35.7 Å². The molecule has 0 aliphatic rings. The first-order valence-electron chi connectivity index (χ1n) is 7.30. The van der Waals surface area contributed by atoms with E-state index in [0.717, 1.165) is 31.5 Å². The third kappa shape index (κ3) is 5.57. The lowest BCUT2D eigenvalue weighted by Crippen LogP contribution is -2.24. The number of pyridine rings is 1. The highest BCUT2D eigenvalue weighted by atomic mass is 16.3. The summed E-state index contributed by atoms with van der Waals surface area (Å²) in [5, 5.41) is 15.1. The van der Waals surface area contributed by atoms with E-state index in [0.29, 0.717) is 18.2 Å². The molecule has 0 saturated carbocycles. The maximum atomic E-state index is 11.7. The number of nitrogens with one attached hydrogen (secondary N) is 2. The summed E-state index contributed by atoms with van der Waals surface area (Å²) >= 11 is 0. The molecule has 1 aromatic rings. The minimum atomic E-state index is -0.156. The van der Waals surface area contributed by atoms with E-state index in [4.69, 9.17) is 5.11 Å². The van der Waals surface area contributed by atoms with Gasteiger partial charge in [-0.25, -0.2) is 0 Å². The van der Waals surface area contributed by atoms with Crippen molar-refractivity contribution in [2.75, 3.05) is 25.0 Å². The van der Waals surface area contributed by atoms with Gasteiger partial charge in [0.15, 0.2) is 0 Å². The maximum Gasteiger partial charge on any atom is 0.269 e. The zero-order valence-corrected chi connectivity index (χ0v) is 12.4. The van der Waals surface area contributed by atoms with Gasteiger partial charge in [-0.2, -0.15) is 0 Å². The van der Waals surface area contributed by atoms with Crippen LogP contribution in [0.25, 0.3) is 0 Å². The molecule has 1 unspecified atom stereocenters. The first kappa shape index (κ1) is 16.4. The van der Waals surface area contributed by atoms with Crippen LogP contribution in [0.3, 0.4) is 0 Å². The summed E-state index contributed by atoms with van der Waals surface area (Å²) in [4.78, 5) is 15.8. The molecule has 112 valence electrons. The van der Waals surface area contributed by atoms with E-state index in [9.17, 15) is 4.79 Å². The lowest BCUT2D eigenvalue weighted by Gasteiger charge is -2.16. The Morgan fingerprint density at radius 2 is 2.20 bits per heavy atom. The molecular weight excluding hydrogens is 254 g/mol. The van der Waals surface area contributed by atoms with Crippen LogP contribution in [-0.2, 0) is 0 Å². The third-order valence-electron chi connectivity index (χ3n) is 3.16. The number of anilines is 1. The normalized spacial score (nSPS) is 11.9. The lowest BCUT2D eigenvalue weighted by atomic mass is 10.0. The van der Waals surface area contributed by atoms with Crippen molar-refractivity contribution < 1.29 is 9.90 Å². The van der Waals surface area contributed by atoms with Crippen molar-refractivity contribution in [3.63, 3.8) is 0 Å². The molecule has 0 saturated heterocycles. The molecule has 3 N–H and O–H groups in total. The number of carbonyl (C=O) groups excluding carboxylic acids is 1. The van der Waals surface area contributed by atoms with Gasteiger partial charge in [0, 0.05) is 31.6 Å². The van der Waals surface area contributed by atoms with Crippen molar-refractivity contribution in [2.24, 2.45) is 5.92 Å². The molecular formula is C15H25N3O2. The van der Waals surface area contributed by atoms with E-state index < -0.39 is 0 Å². The van der Waals surface area contributed by atoms with Crippen molar-refractivity contribution >= 4 is 11.6 Å². The van der Waals surface area contributed by atoms with Gasteiger partial charge in [-0.3, -0.25) is 9.78 Å². The topological polar surface area (TPSA) is 74.2 Å². The summed E-state index contributed by atoms with van der Waals surface area (Å²) < 4.78 is 0. The first-order valence-corrected chi connectivity index (χ1v) is 7.30. The Morgan fingerprint density at radius 1 is 1.40 bits per heavy atom. The number of aliphatic hydroxyl groups excluding tert-OH is 1. The van der Waals surface area contributed by atoms with Gasteiger partial charge in [0.2, 0.25) is 0 Å². The zero-order chi connectivity index (χ0) is 14.8. The number of hydrogen-bond acceptors (Lipinski definition) is 4. The Kier molecular flexibility index (Phi) is 7.65. The molecule has 20 heavy (non-hydrogen) atoms. The summed E-state index contributed by atoms with van der Waals surface area (Å²) in [7, 11) is 0. The molecule has 0 aliphatic carbocycles. The molecule has 0 aromatic carbocycles. The molecule has 1 atom stereocenters. The molecule has 1 amide bonds. The highest BCUT2D eigenvalue weighted by molar-refractivity contribution is 5.93. The van der Waals surface area contributed by atoms with Crippen molar-refractivity contribution in [1.82, 2.24) is 10.3 Å². The largest absolute Gasteiger partial charge is 0.396 e. The fourth-order valence-electron chi connectivity index (χ4n) is 2.12. The van der Waals surface area contributed by atoms with E-state index in [2.05, 4.69) is 22.5 Å². The van der Waals surface area contributed by atoms with Crippen LogP contribution in [0.5, 0.6) is 0 Å². The average Bonchev–Trinajstić information content (AvgIpc) is 2.46. The minimum absolute atomic E-state index is 0.156. The number of amides is 1. The number of carbonyl (C=O) groups is 1. The van der Waals surface area contributed by atoms with Gasteiger partial charge in [-0.05, 0) is 37.8 Å². The van der Waals surface area contributed by atoms with Gasteiger partial charge < -0.3 is 15.7 Å². The molecule has 0 aliphatic heterocycles. The van der Waals surface area contributed by atoms with Crippen LogP contribution in [0.4, 0.5) is 5.69 Å². The number of rotatable bonds is 9. The quantitative estimate of drug-likeness (QED) is 0.646. The maximum absolute atomic E-state index is 11.7. The van der Waals surface area contributed by atoms with Crippen molar-refractivity contribution in [2.45, 2.75) is 33.1 Å². The lowest BCUT2D eigenvalue weighted by molar-refractivity contribution is 0.0951. The fourth-order valence-corrected chi connectivity index (χ4v) is 2.12. The highest BCUT2D eigenvalue weighted by Gasteiger charge is 2.09. The first-order chi connectivity index (χ1) is 9.71. The SMILES string of the molecule is CCCC(CCO)CNc1ccnc(C(=O)NCC)c1. The van der Waals surface area contributed by atoms with Crippen molar-refractivity contribution in [3.8, 4) is 0 Å². The van der Waals surface area contributed by atoms with E-state index in [1.807, 2.05) is 13.0 Å². The van der Waals surface area contributed by atoms with Gasteiger partial charge >= 0.3 is 0 Å². The summed E-state index contributed by atoms with van der Waals surface area (Å²) in [5.41, 5.74) is 1.31. The second kappa shape index (κ2) is 9.31. The third-order valence-corrected chi connectivity index (χ3v) is 3.16. The Morgan fingerprint density at radius 3 is 2.85 bits per heavy atom. The van der Waals surface area contributed by atoms with Gasteiger partial charge in [0.1, 0.15) is 5.69 Å². The standard InChI is InChI=1S/C15H25N3O2/c1-3-5-12(7-9-19)11-18-13-6-8-17-14(10-13)15(20)16-4-2/h6,8,10,12,19H,3-5,7,9,11H2,1-2H3,(H,16,20)(H,17,18). The molecule has 5 heteroatoms. The van der Waals surface area contributed by atoms with Crippen LogP contribution in [0.1, 0.15) is 43.6 Å². The molecule has 0 radical (unpaired) electrons. The predicted molar refractivity (Wildman–Crippen MR) is 80.8 cm³/mol. The van der Waals surface area contributed by atoms with Crippen molar-refractivity contribution in [1.29, 1.82) is 0 Å². The van der Waals surface area contributed by atoms with Gasteiger partial charge in [0.25, 0.3) is 5.91 Å². The second-order valence-corrected chi connectivity index (χ2v) is 4.84. The van der Waals surface area contributed by atoms with E-state index in [1.54, 1.807) is 12.3 Å². The Bertz CT molecular complexity index is 404. The number of aliphatic hydroxyl groups is 1. The Hall–Kier alpha value is -1.62. The molecule has 1 rings (SSSR count). The van der Waals surface area contributed by atoms with Crippen molar-refractivity contribution in [3.05, 3.63) is 24.0 Å². The smallest absolute Gasteiger partial charge is 0.269 e. The highest BCUT2D eigenvalue weighted by Crippen LogP contribution is 2.14. The zero-order valence-electron chi connectivity index (χ0n) is 12.4. The molecule has 1 aromatic heterocycles. The minimum Gasteiger partial charge on any atom is -0.396 e. The second-order valence-electron chi connectivity index (χ2n) is 4.84. The van der Waals surface area contributed by atoms with E-state index >= 15 is 0 Å². The fraction of sp³-hybridized carbons (Fsp3) is 0.600. The molecule has 1 heterocycles. The number of nitrogens with zero attached hydrogens (tertiary/aromatic N) is 1. The Labute approximate surface area is 120 Å². The van der Waals surface area contributed by atoms with Crippen LogP contribution < -0.4 is 10.6 Å². The van der Waals surface area contributed by atoms with Gasteiger partial charge in [-0.15, -0.1) is 0 Å². The molecule has 0 bridgehead atoms. The molecule has 0 fully saturated rings. The number of aromatic nitrogens is 1. The van der Waals surface area contributed by atoms with Crippen LogP contribution in [0.15, 0.2) is 18.3 Å². The average molecular weight is 279 g/mol. The monoisotopic (exact) mass is 279 g/mol. The van der Waals surface area contributed by atoms with E-state index in [1.165, 1.54) is 0 Å². The molecule has 0 spiro atoms. The summed E-state index contributed by atoms with van der Waals surface area (Å²) in [5.74, 6) is 0.294. The summed E-state index contributed by atoms with van der Waals surface area (Å²) in [6.07, 6.45) is 4.62. The van der Waals surface area contributed by atoms with Crippen LogP contribution in [0.2, 0.25) is 0 Å². The summed E-state index contributed by atoms with van der Waals surface area (Å²) in [6.45, 7) is 5.63. The van der Waals surface area contributed by atoms with Crippen LogP contribution >= 0.6 is 0 Å². The van der Waals surface area contributed by atoms with E-state index in [-0.39, 0.29) is 12.5 Å².